The maximum Gasteiger partial charge on any atom is 0.171 e. The highest BCUT2D eigenvalue weighted by Crippen LogP contribution is 2.39. The van der Waals surface area contributed by atoms with Crippen molar-refractivity contribution in [3.8, 4) is 0 Å². The highest BCUT2D eigenvalue weighted by molar-refractivity contribution is 6.31. The van der Waals surface area contributed by atoms with Gasteiger partial charge in [0.15, 0.2) is 5.79 Å². The zero-order valence-corrected chi connectivity index (χ0v) is 10.7. The van der Waals surface area contributed by atoms with Gasteiger partial charge >= 0.3 is 0 Å². The van der Waals surface area contributed by atoms with Crippen LogP contribution in [0, 0.1) is 5.82 Å². The number of hydrogen-bond acceptors (Lipinski definition) is 3. The lowest BCUT2D eigenvalue weighted by atomic mass is 9.92. The minimum Gasteiger partial charge on any atom is -0.347 e. The number of rotatable bonds is 1. The van der Waals surface area contributed by atoms with Gasteiger partial charge in [-0.1, -0.05) is 17.7 Å². The Morgan fingerprint density at radius 1 is 1.33 bits per heavy atom. The van der Waals surface area contributed by atoms with Crippen LogP contribution in [-0.4, -0.2) is 25.5 Å². The van der Waals surface area contributed by atoms with Crippen molar-refractivity contribution in [2.75, 3.05) is 19.8 Å². The van der Waals surface area contributed by atoms with E-state index >= 15 is 0 Å². The van der Waals surface area contributed by atoms with Crippen molar-refractivity contribution in [1.82, 2.24) is 5.32 Å². The summed E-state index contributed by atoms with van der Waals surface area (Å²) in [7, 11) is 0. The second-order valence-corrected chi connectivity index (χ2v) is 5.11. The van der Waals surface area contributed by atoms with Crippen LogP contribution in [0.2, 0.25) is 5.02 Å². The molecule has 0 saturated carbocycles. The van der Waals surface area contributed by atoms with Crippen molar-refractivity contribution >= 4 is 11.6 Å². The fourth-order valence-electron chi connectivity index (χ4n) is 2.73. The third-order valence-electron chi connectivity index (χ3n) is 3.57. The van der Waals surface area contributed by atoms with Crippen molar-refractivity contribution < 1.29 is 13.9 Å². The molecule has 18 heavy (non-hydrogen) atoms. The maximum absolute atomic E-state index is 13.9. The second-order valence-electron chi connectivity index (χ2n) is 4.70. The highest BCUT2D eigenvalue weighted by atomic mass is 35.5. The van der Waals surface area contributed by atoms with Crippen molar-refractivity contribution in [2.45, 2.75) is 24.7 Å². The average molecular weight is 272 g/mol. The molecule has 5 heteroatoms. The van der Waals surface area contributed by atoms with Crippen LogP contribution >= 0.6 is 11.6 Å². The molecular weight excluding hydrogens is 257 g/mol. The Labute approximate surface area is 110 Å². The van der Waals surface area contributed by atoms with Gasteiger partial charge in [0.25, 0.3) is 0 Å². The average Bonchev–Trinajstić information content (AvgIpc) is 2.77. The van der Waals surface area contributed by atoms with E-state index in [-0.39, 0.29) is 11.9 Å². The topological polar surface area (TPSA) is 30.5 Å². The molecule has 1 aromatic rings. The Balaban J connectivity index is 1.88. The van der Waals surface area contributed by atoms with Crippen molar-refractivity contribution in [1.29, 1.82) is 0 Å². The third-order valence-corrected chi connectivity index (χ3v) is 3.90. The summed E-state index contributed by atoms with van der Waals surface area (Å²) in [6.45, 7) is 1.95. The SMILES string of the molecule is Fc1cccc(Cl)c1C1CC2(CCN1)OCCO2. The smallest absolute Gasteiger partial charge is 0.171 e. The largest absolute Gasteiger partial charge is 0.347 e. The number of hydrogen-bond donors (Lipinski definition) is 1. The van der Waals surface area contributed by atoms with Crippen LogP contribution < -0.4 is 5.32 Å². The number of ether oxygens (including phenoxy) is 2. The highest BCUT2D eigenvalue weighted by Gasteiger charge is 2.42. The molecule has 0 bridgehead atoms. The van der Waals surface area contributed by atoms with E-state index in [0.717, 1.165) is 13.0 Å². The molecule has 0 aromatic heterocycles. The first kappa shape index (κ1) is 12.4. The number of halogens is 2. The van der Waals surface area contributed by atoms with E-state index in [9.17, 15) is 4.39 Å². The standard InChI is InChI=1S/C13H15ClFNO2/c14-9-2-1-3-10(15)12(9)11-8-13(4-5-16-11)17-6-7-18-13/h1-3,11,16H,4-8H2. The Morgan fingerprint density at radius 3 is 2.83 bits per heavy atom. The zero-order valence-electron chi connectivity index (χ0n) is 9.92. The summed E-state index contributed by atoms with van der Waals surface area (Å²) in [5, 5.41) is 3.73. The molecule has 2 aliphatic heterocycles. The Hall–Kier alpha value is -0.680. The minimum absolute atomic E-state index is 0.162. The first-order valence-electron chi connectivity index (χ1n) is 6.15. The summed E-state index contributed by atoms with van der Waals surface area (Å²) in [5.41, 5.74) is 0.511. The summed E-state index contributed by atoms with van der Waals surface area (Å²) in [6.07, 6.45) is 1.38. The molecule has 2 heterocycles. The summed E-state index contributed by atoms with van der Waals surface area (Å²) in [4.78, 5) is 0. The second kappa shape index (κ2) is 4.78. The fourth-order valence-corrected chi connectivity index (χ4v) is 3.02. The molecule has 3 rings (SSSR count). The molecule has 2 fully saturated rings. The maximum atomic E-state index is 13.9. The van der Waals surface area contributed by atoms with Crippen LogP contribution in [-0.2, 0) is 9.47 Å². The van der Waals surface area contributed by atoms with E-state index in [2.05, 4.69) is 5.32 Å². The first-order chi connectivity index (χ1) is 8.70. The van der Waals surface area contributed by atoms with Gasteiger partial charge in [-0.25, -0.2) is 4.39 Å². The minimum atomic E-state index is -0.554. The molecule has 1 N–H and O–H groups in total. The summed E-state index contributed by atoms with van der Waals surface area (Å²) >= 11 is 6.10. The summed E-state index contributed by atoms with van der Waals surface area (Å²) in [5.74, 6) is -0.836. The lowest BCUT2D eigenvalue weighted by molar-refractivity contribution is -0.180. The van der Waals surface area contributed by atoms with Crippen LogP contribution in [0.25, 0.3) is 0 Å². The van der Waals surface area contributed by atoms with E-state index in [0.29, 0.717) is 30.2 Å². The van der Waals surface area contributed by atoms with Gasteiger partial charge in [0.1, 0.15) is 5.82 Å². The predicted molar refractivity (Wildman–Crippen MR) is 66.0 cm³/mol. The van der Waals surface area contributed by atoms with E-state index < -0.39 is 5.79 Å². The Kier molecular flexibility index (Phi) is 3.28. The van der Waals surface area contributed by atoms with Crippen LogP contribution in [0.4, 0.5) is 4.39 Å². The predicted octanol–water partition coefficient (Wildman–Crippen LogP) is 2.65. The molecule has 1 unspecified atom stereocenters. The normalized spacial score (nSPS) is 26.7. The Morgan fingerprint density at radius 2 is 2.11 bits per heavy atom. The van der Waals surface area contributed by atoms with Gasteiger partial charge < -0.3 is 14.8 Å². The van der Waals surface area contributed by atoms with E-state index in [1.54, 1.807) is 12.1 Å². The van der Waals surface area contributed by atoms with Crippen molar-refractivity contribution in [2.24, 2.45) is 0 Å². The van der Waals surface area contributed by atoms with E-state index in [1.807, 2.05) is 0 Å². The number of benzene rings is 1. The van der Waals surface area contributed by atoms with E-state index in [4.69, 9.17) is 21.1 Å². The fraction of sp³-hybridized carbons (Fsp3) is 0.538. The van der Waals surface area contributed by atoms with Gasteiger partial charge in [0.05, 0.1) is 13.2 Å². The van der Waals surface area contributed by atoms with Gasteiger partial charge in [0, 0.05) is 36.0 Å². The van der Waals surface area contributed by atoms with Gasteiger partial charge in [-0.2, -0.15) is 0 Å². The Bertz CT molecular complexity index is 428. The number of piperidine rings is 1. The monoisotopic (exact) mass is 271 g/mol. The van der Waals surface area contributed by atoms with Crippen LogP contribution in [0.5, 0.6) is 0 Å². The van der Waals surface area contributed by atoms with Crippen LogP contribution in [0.3, 0.4) is 0 Å². The van der Waals surface area contributed by atoms with Gasteiger partial charge in [0.2, 0.25) is 0 Å². The molecule has 3 nitrogen and oxygen atoms in total. The number of nitrogens with one attached hydrogen (secondary N) is 1. The molecule has 2 saturated heterocycles. The molecule has 1 spiro atoms. The summed E-state index contributed by atoms with van der Waals surface area (Å²) < 4.78 is 25.3. The molecule has 98 valence electrons. The van der Waals surface area contributed by atoms with Crippen LogP contribution in [0.15, 0.2) is 18.2 Å². The molecule has 1 atom stereocenters. The van der Waals surface area contributed by atoms with Gasteiger partial charge in [-0.3, -0.25) is 0 Å². The van der Waals surface area contributed by atoms with E-state index in [1.165, 1.54) is 6.07 Å². The lowest BCUT2D eigenvalue weighted by Gasteiger charge is -2.37. The van der Waals surface area contributed by atoms with Crippen molar-refractivity contribution in [3.05, 3.63) is 34.6 Å². The van der Waals surface area contributed by atoms with Gasteiger partial charge in [-0.15, -0.1) is 0 Å². The first-order valence-corrected chi connectivity index (χ1v) is 6.53. The molecule has 1 aromatic carbocycles. The zero-order chi connectivity index (χ0) is 12.6. The molecule has 0 amide bonds. The molecular formula is C13H15ClFNO2. The molecule has 2 aliphatic rings. The summed E-state index contributed by atoms with van der Waals surface area (Å²) in [6, 6.07) is 4.59. The quantitative estimate of drug-likeness (QED) is 0.852. The van der Waals surface area contributed by atoms with Gasteiger partial charge in [-0.05, 0) is 12.1 Å². The van der Waals surface area contributed by atoms with Crippen LogP contribution in [0.1, 0.15) is 24.4 Å². The molecule has 0 aliphatic carbocycles. The van der Waals surface area contributed by atoms with Crippen molar-refractivity contribution in [3.63, 3.8) is 0 Å². The third kappa shape index (κ3) is 2.14. The lowest BCUT2D eigenvalue weighted by Crippen LogP contribution is -2.44. The molecule has 0 radical (unpaired) electrons.